The second-order valence-corrected chi connectivity index (χ2v) is 6.12. The predicted octanol–water partition coefficient (Wildman–Crippen LogP) is 3.74. The van der Waals surface area contributed by atoms with Crippen molar-refractivity contribution in [2.75, 3.05) is 34.0 Å². The van der Waals surface area contributed by atoms with E-state index >= 15 is 0 Å². The lowest BCUT2D eigenvalue weighted by molar-refractivity contribution is 0.309. The Morgan fingerprint density at radius 1 is 0.885 bits per heavy atom. The van der Waals surface area contributed by atoms with Gasteiger partial charge in [0.25, 0.3) is 0 Å². The molecule has 1 heterocycles. The quantitative estimate of drug-likeness (QED) is 0.818. The molecule has 0 fully saturated rings. The van der Waals surface area contributed by atoms with Crippen molar-refractivity contribution in [3.8, 4) is 23.0 Å². The molecule has 1 atom stereocenters. The Kier molecular flexibility index (Phi) is 5.89. The fourth-order valence-corrected chi connectivity index (χ4v) is 3.43. The van der Waals surface area contributed by atoms with Gasteiger partial charge in [-0.15, -0.1) is 0 Å². The van der Waals surface area contributed by atoms with Crippen LogP contribution in [0.1, 0.15) is 36.6 Å². The zero-order valence-corrected chi connectivity index (χ0v) is 15.9. The number of fused-ring (bicyclic) bond motifs is 1. The molecule has 0 spiro atoms. The minimum Gasteiger partial charge on any atom is -0.493 e. The van der Waals surface area contributed by atoms with E-state index < -0.39 is 0 Å². The minimum atomic E-state index is 0.0768. The van der Waals surface area contributed by atoms with E-state index in [1.54, 1.807) is 14.2 Å². The van der Waals surface area contributed by atoms with Crippen molar-refractivity contribution in [2.24, 2.45) is 0 Å². The summed E-state index contributed by atoms with van der Waals surface area (Å²) in [5.74, 6) is 3.08. The third-order valence-corrected chi connectivity index (χ3v) is 4.60. The number of ether oxygens (including phenoxy) is 4. The van der Waals surface area contributed by atoms with Crippen LogP contribution >= 0.6 is 0 Å². The number of rotatable bonds is 7. The van der Waals surface area contributed by atoms with Crippen molar-refractivity contribution in [3.05, 3.63) is 47.0 Å². The molecular formula is C21H27NO4. The first-order chi connectivity index (χ1) is 12.7. The first-order valence-electron chi connectivity index (χ1n) is 9.09. The number of methoxy groups -OCH3 is 2. The summed E-state index contributed by atoms with van der Waals surface area (Å²) in [7, 11) is 3.34. The van der Waals surface area contributed by atoms with Crippen LogP contribution in [0.3, 0.4) is 0 Å². The Balaban J connectivity index is 2.01. The zero-order valence-electron chi connectivity index (χ0n) is 15.9. The fraction of sp³-hybridized carbons (Fsp3) is 0.429. The van der Waals surface area contributed by atoms with Crippen molar-refractivity contribution in [3.63, 3.8) is 0 Å². The van der Waals surface area contributed by atoms with Crippen LogP contribution in [0, 0.1) is 0 Å². The molecule has 140 valence electrons. The molecule has 0 amide bonds. The lowest BCUT2D eigenvalue weighted by Gasteiger charge is -2.29. The Bertz CT molecular complexity index is 760. The van der Waals surface area contributed by atoms with Crippen LogP contribution in [0.15, 0.2) is 30.3 Å². The van der Waals surface area contributed by atoms with Gasteiger partial charge < -0.3 is 24.3 Å². The molecule has 26 heavy (non-hydrogen) atoms. The second kappa shape index (κ2) is 8.32. The Hall–Kier alpha value is -2.40. The van der Waals surface area contributed by atoms with E-state index in [1.165, 1.54) is 11.1 Å². The van der Waals surface area contributed by atoms with Crippen LogP contribution in [-0.4, -0.2) is 34.0 Å². The molecule has 0 radical (unpaired) electrons. The van der Waals surface area contributed by atoms with Gasteiger partial charge in [0, 0.05) is 6.54 Å². The normalized spacial score (nSPS) is 15.9. The van der Waals surface area contributed by atoms with E-state index in [4.69, 9.17) is 18.9 Å². The molecule has 5 heteroatoms. The molecule has 5 nitrogen and oxygen atoms in total. The molecule has 1 aliphatic rings. The summed E-state index contributed by atoms with van der Waals surface area (Å²) < 4.78 is 22.4. The number of hydrogen-bond donors (Lipinski definition) is 1. The lowest BCUT2D eigenvalue weighted by atomic mass is 9.89. The van der Waals surface area contributed by atoms with E-state index in [1.807, 2.05) is 26.0 Å². The minimum absolute atomic E-state index is 0.0768. The molecule has 0 aliphatic carbocycles. The van der Waals surface area contributed by atoms with Crippen LogP contribution in [0.4, 0.5) is 0 Å². The molecule has 2 aromatic rings. The van der Waals surface area contributed by atoms with Gasteiger partial charge in [-0.05, 0) is 61.2 Å². The predicted molar refractivity (Wildman–Crippen MR) is 102 cm³/mol. The van der Waals surface area contributed by atoms with E-state index in [2.05, 4.69) is 23.5 Å². The first-order valence-corrected chi connectivity index (χ1v) is 9.09. The van der Waals surface area contributed by atoms with Gasteiger partial charge in [-0.2, -0.15) is 0 Å². The van der Waals surface area contributed by atoms with Crippen LogP contribution in [0.25, 0.3) is 0 Å². The maximum Gasteiger partial charge on any atom is 0.161 e. The maximum atomic E-state index is 5.73. The molecule has 1 aliphatic heterocycles. The van der Waals surface area contributed by atoms with Crippen LogP contribution in [0.2, 0.25) is 0 Å². The van der Waals surface area contributed by atoms with Gasteiger partial charge in [-0.1, -0.05) is 6.07 Å². The molecule has 0 aromatic heterocycles. The summed E-state index contributed by atoms with van der Waals surface area (Å²) in [6.07, 6.45) is 0.962. The van der Waals surface area contributed by atoms with Gasteiger partial charge in [-0.3, -0.25) is 0 Å². The number of hydrogen-bond acceptors (Lipinski definition) is 5. The van der Waals surface area contributed by atoms with Gasteiger partial charge in [-0.25, -0.2) is 0 Å². The molecule has 0 bridgehead atoms. The zero-order chi connectivity index (χ0) is 18.5. The van der Waals surface area contributed by atoms with Gasteiger partial charge in [0.2, 0.25) is 0 Å². The molecule has 1 N–H and O–H groups in total. The van der Waals surface area contributed by atoms with Crippen molar-refractivity contribution >= 4 is 0 Å². The second-order valence-electron chi connectivity index (χ2n) is 6.12. The van der Waals surface area contributed by atoms with Gasteiger partial charge >= 0.3 is 0 Å². The summed E-state index contributed by atoms with van der Waals surface area (Å²) in [6, 6.07) is 10.4. The van der Waals surface area contributed by atoms with Crippen LogP contribution in [-0.2, 0) is 6.42 Å². The van der Waals surface area contributed by atoms with Crippen molar-refractivity contribution in [1.29, 1.82) is 0 Å². The molecule has 0 saturated carbocycles. The Morgan fingerprint density at radius 3 is 2.27 bits per heavy atom. The van der Waals surface area contributed by atoms with Crippen LogP contribution in [0.5, 0.6) is 23.0 Å². The third kappa shape index (κ3) is 3.58. The van der Waals surface area contributed by atoms with E-state index in [9.17, 15) is 0 Å². The highest BCUT2D eigenvalue weighted by molar-refractivity contribution is 5.53. The van der Waals surface area contributed by atoms with Gasteiger partial charge in [0.1, 0.15) is 0 Å². The standard InChI is InChI=1S/C21H27NO4/c1-5-25-17-8-7-15(12-18(17)23-3)21-16-13-19(24-4)20(26-6-2)11-14(16)9-10-22-21/h7-8,11-13,21-22H,5-6,9-10H2,1-4H3/t21-/m1/s1. The maximum absolute atomic E-state index is 5.73. The lowest BCUT2D eigenvalue weighted by Crippen LogP contribution is -2.30. The number of nitrogens with one attached hydrogen (secondary N) is 1. The summed E-state index contributed by atoms with van der Waals surface area (Å²) in [4.78, 5) is 0. The van der Waals surface area contributed by atoms with E-state index in [-0.39, 0.29) is 6.04 Å². The van der Waals surface area contributed by atoms with E-state index in [0.29, 0.717) is 13.2 Å². The van der Waals surface area contributed by atoms with Gasteiger partial charge in [0.15, 0.2) is 23.0 Å². The smallest absolute Gasteiger partial charge is 0.161 e. The third-order valence-electron chi connectivity index (χ3n) is 4.60. The molecule has 0 saturated heterocycles. The summed E-state index contributed by atoms with van der Waals surface area (Å²) in [6.45, 7) is 6.08. The summed E-state index contributed by atoms with van der Waals surface area (Å²) >= 11 is 0. The average molecular weight is 357 g/mol. The molecule has 0 unspecified atom stereocenters. The Labute approximate surface area is 155 Å². The highest BCUT2D eigenvalue weighted by Crippen LogP contribution is 2.39. The Morgan fingerprint density at radius 2 is 1.58 bits per heavy atom. The average Bonchev–Trinajstić information content (AvgIpc) is 2.67. The van der Waals surface area contributed by atoms with Crippen LogP contribution < -0.4 is 24.3 Å². The highest BCUT2D eigenvalue weighted by Gasteiger charge is 2.25. The monoisotopic (exact) mass is 357 g/mol. The molecule has 3 rings (SSSR count). The molecular weight excluding hydrogens is 330 g/mol. The highest BCUT2D eigenvalue weighted by atomic mass is 16.5. The van der Waals surface area contributed by atoms with Crippen molar-refractivity contribution < 1.29 is 18.9 Å². The summed E-state index contributed by atoms with van der Waals surface area (Å²) in [5, 5.41) is 3.60. The topological polar surface area (TPSA) is 49.0 Å². The van der Waals surface area contributed by atoms with Crippen molar-refractivity contribution in [1.82, 2.24) is 5.32 Å². The fourth-order valence-electron chi connectivity index (χ4n) is 3.43. The number of benzene rings is 2. The SMILES string of the molecule is CCOc1ccc([C@H]2NCCc3cc(OCC)c(OC)cc32)cc1OC. The van der Waals surface area contributed by atoms with Crippen molar-refractivity contribution in [2.45, 2.75) is 26.3 Å². The molecule has 2 aromatic carbocycles. The summed E-state index contributed by atoms with van der Waals surface area (Å²) in [5.41, 5.74) is 3.63. The van der Waals surface area contributed by atoms with E-state index in [0.717, 1.165) is 41.5 Å². The largest absolute Gasteiger partial charge is 0.493 e. The first kappa shape index (κ1) is 18.4. The van der Waals surface area contributed by atoms with Gasteiger partial charge in [0.05, 0.1) is 33.5 Å².